The van der Waals surface area contributed by atoms with E-state index in [0.29, 0.717) is 0 Å². The minimum atomic E-state index is -0.156. The summed E-state index contributed by atoms with van der Waals surface area (Å²) < 4.78 is 0. The third-order valence-corrected chi connectivity index (χ3v) is 4.91. The van der Waals surface area contributed by atoms with E-state index >= 15 is 0 Å². The molecule has 0 aliphatic carbocycles. The van der Waals surface area contributed by atoms with Gasteiger partial charge in [-0.05, 0) is 38.0 Å². The van der Waals surface area contributed by atoms with Crippen molar-refractivity contribution < 1.29 is 4.79 Å². The first kappa shape index (κ1) is 14.1. The number of carbonyl (C=O) groups excluding carboxylic acids is 1. The molecule has 0 amide bonds. The lowest BCUT2D eigenvalue weighted by atomic mass is 10.0. The van der Waals surface area contributed by atoms with Gasteiger partial charge in [-0.25, -0.2) is 0 Å². The second-order valence-electron chi connectivity index (χ2n) is 6.28. The molecule has 2 aromatic carbocycles. The number of para-hydroxylation sites is 2. The Kier molecular flexibility index (Phi) is 3.22. The number of H-pyrrole nitrogens is 1. The van der Waals surface area contributed by atoms with Crippen LogP contribution in [0.15, 0.2) is 48.5 Å². The summed E-state index contributed by atoms with van der Waals surface area (Å²) in [6.45, 7) is 4.91. The number of hydrogen-bond donors (Lipinski definition) is 1. The molecular weight excluding hydrogens is 284 g/mol. The van der Waals surface area contributed by atoms with Crippen molar-refractivity contribution in [1.29, 1.82) is 0 Å². The van der Waals surface area contributed by atoms with E-state index in [2.05, 4.69) is 28.1 Å². The topological polar surface area (TPSA) is 36.1 Å². The number of nitrogens with one attached hydrogen (secondary N) is 1. The van der Waals surface area contributed by atoms with Crippen molar-refractivity contribution in [2.75, 3.05) is 11.4 Å². The quantitative estimate of drug-likeness (QED) is 0.739. The van der Waals surface area contributed by atoms with Crippen molar-refractivity contribution in [3.8, 4) is 0 Å². The zero-order valence-corrected chi connectivity index (χ0v) is 13.5. The molecule has 0 bridgehead atoms. The summed E-state index contributed by atoms with van der Waals surface area (Å²) in [7, 11) is 0. The minimum absolute atomic E-state index is 0.156. The summed E-state index contributed by atoms with van der Waals surface area (Å²) in [4.78, 5) is 18.7. The summed E-state index contributed by atoms with van der Waals surface area (Å²) >= 11 is 0. The van der Waals surface area contributed by atoms with Crippen LogP contribution in [-0.4, -0.2) is 23.4 Å². The lowest BCUT2D eigenvalue weighted by Gasteiger charge is -2.26. The van der Waals surface area contributed by atoms with Gasteiger partial charge >= 0.3 is 0 Å². The van der Waals surface area contributed by atoms with Crippen LogP contribution < -0.4 is 4.90 Å². The Bertz CT molecular complexity index is 894. The molecule has 23 heavy (non-hydrogen) atoms. The maximum Gasteiger partial charge on any atom is 0.187 e. The summed E-state index contributed by atoms with van der Waals surface area (Å²) in [5, 5.41) is 1.02. The Labute approximate surface area is 135 Å². The van der Waals surface area contributed by atoms with Gasteiger partial charge in [-0.3, -0.25) is 4.79 Å². The SMILES string of the molecule is Cc1[nH]c2ccccc2c1C(=O)C(C)N1CCc2ccccc21. The van der Waals surface area contributed by atoms with Gasteiger partial charge in [0.25, 0.3) is 0 Å². The van der Waals surface area contributed by atoms with Crippen molar-refractivity contribution in [2.45, 2.75) is 26.3 Å². The summed E-state index contributed by atoms with van der Waals surface area (Å²) in [6, 6.07) is 16.3. The van der Waals surface area contributed by atoms with E-state index in [9.17, 15) is 4.79 Å². The smallest absolute Gasteiger partial charge is 0.187 e. The molecule has 3 aromatic rings. The van der Waals surface area contributed by atoms with E-state index in [1.807, 2.05) is 44.2 Å². The third-order valence-electron chi connectivity index (χ3n) is 4.91. The molecule has 1 aliphatic heterocycles. The van der Waals surface area contributed by atoms with Gasteiger partial charge in [-0.2, -0.15) is 0 Å². The third kappa shape index (κ3) is 2.15. The van der Waals surface area contributed by atoms with E-state index in [-0.39, 0.29) is 11.8 Å². The second kappa shape index (κ2) is 5.27. The normalized spacial score (nSPS) is 15.0. The van der Waals surface area contributed by atoms with E-state index in [1.165, 1.54) is 11.3 Å². The van der Waals surface area contributed by atoms with Gasteiger partial charge < -0.3 is 9.88 Å². The Hall–Kier alpha value is -2.55. The number of hydrogen-bond acceptors (Lipinski definition) is 2. The highest BCUT2D eigenvalue weighted by Crippen LogP contribution is 2.31. The van der Waals surface area contributed by atoms with Crippen LogP contribution in [0.2, 0.25) is 0 Å². The molecule has 3 heteroatoms. The number of fused-ring (bicyclic) bond motifs is 2. The van der Waals surface area contributed by atoms with Crippen molar-refractivity contribution in [1.82, 2.24) is 4.98 Å². The predicted molar refractivity (Wildman–Crippen MR) is 94.3 cm³/mol. The first-order valence-electron chi connectivity index (χ1n) is 8.13. The van der Waals surface area contributed by atoms with Crippen LogP contribution in [0.1, 0.15) is 28.5 Å². The van der Waals surface area contributed by atoms with Gasteiger partial charge in [0.05, 0.1) is 6.04 Å². The average Bonchev–Trinajstić information content (AvgIpc) is 3.13. The van der Waals surface area contributed by atoms with Crippen LogP contribution >= 0.6 is 0 Å². The second-order valence-corrected chi connectivity index (χ2v) is 6.28. The monoisotopic (exact) mass is 304 g/mol. The van der Waals surface area contributed by atoms with Crippen LogP contribution in [0.4, 0.5) is 5.69 Å². The standard InChI is InChI=1S/C20H20N2O/c1-13-19(16-8-4-5-9-17(16)21-13)20(23)14(2)22-12-11-15-7-3-6-10-18(15)22/h3-10,14,21H,11-12H2,1-2H3. The van der Waals surface area contributed by atoms with Gasteiger partial charge in [0.15, 0.2) is 5.78 Å². The van der Waals surface area contributed by atoms with Crippen molar-refractivity contribution in [3.05, 3.63) is 65.4 Å². The van der Waals surface area contributed by atoms with E-state index < -0.39 is 0 Å². The highest BCUT2D eigenvalue weighted by Gasteiger charge is 2.30. The van der Waals surface area contributed by atoms with E-state index in [1.54, 1.807) is 0 Å². The van der Waals surface area contributed by atoms with Gasteiger partial charge in [0.1, 0.15) is 0 Å². The van der Waals surface area contributed by atoms with Gasteiger partial charge in [0, 0.05) is 34.4 Å². The summed E-state index contributed by atoms with van der Waals surface area (Å²) in [5.41, 5.74) is 5.35. The summed E-state index contributed by atoms with van der Waals surface area (Å²) in [6.07, 6.45) is 1.01. The highest BCUT2D eigenvalue weighted by molar-refractivity contribution is 6.12. The Morgan fingerprint density at radius 1 is 1.13 bits per heavy atom. The highest BCUT2D eigenvalue weighted by atomic mass is 16.1. The van der Waals surface area contributed by atoms with Gasteiger partial charge in [-0.1, -0.05) is 36.4 Å². The van der Waals surface area contributed by atoms with Crippen LogP contribution in [0.5, 0.6) is 0 Å². The Morgan fingerprint density at radius 2 is 1.87 bits per heavy atom. The molecule has 1 aliphatic rings. The average molecular weight is 304 g/mol. The molecular formula is C20H20N2O. The molecule has 3 nitrogen and oxygen atoms in total. The van der Waals surface area contributed by atoms with E-state index in [0.717, 1.165) is 35.1 Å². The fourth-order valence-corrected chi connectivity index (χ4v) is 3.71. The number of aromatic nitrogens is 1. The molecule has 116 valence electrons. The molecule has 0 radical (unpaired) electrons. The van der Waals surface area contributed by atoms with Crippen molar-refractivity contribution >= 4 is 22.4 Å². The predicted octanol–water partition coefficient (Wildman–Crippen LogP) is 4.11. The number of ketones is 1. The minimum Gasteiger partial charge on any atom is -0.361 e. The number of rotatable bonds is 3. The van der Waals surface area contributed by atoms with Crippen LogP contribution in [0.3, 0.4) is 0 Å². The largest absolute Gasteiger partial charge is 0.361 e. The zero-order valence-electron chi connectivity index (χ0n) is 13.5. The van der Waals surface area contributed by atoms with Crippen LogP contribution in [-0.2, 0) is 6.42 Å². The van der Waals surface area contributed by atoms with Crippen molar-refractivity contribution in [2.24, 2.45) is 0 Å². The first-order valence-corrected chi connectivity index (χ1v) is 8.13. The molecule has 1 unspecified atom stereocenters. The van der Waals surface area contributed by atoms with Crippen LogP contribution in [0.25, 0.3) is 10.9 Å². The molecule has 4 rings (SSSR count). The number of Topliss-reactive ketones (excluding diaryl/α,β-unsaturated/α-hetero) is 1. The number of carbonyl (C=O) groups is 1. The fraction of sp³-hybridized carbons (Fsp3) is 0.250. The number of aromatic amines is 1. The van der Waals surface area contributed by atoms with E-state index in [4.69, 9.17) is 0 Å². The molecule has 0 spiro atoms. The molecule has 1 N–H and O–H groups in total. The molecule has 1 aromatic heterocycles. The maximum absolute atomic E-state index is 13.2. The number of nitrogens with zero attached hydrogens (tertiary/aromatic N) is 1. The molecule has 0 fully saturated rings. The Balaban J connectivity index is 1.73. The summed E-state index contributed by atoms with van der Waals surface area (Å²) in [5.74, 6) is 0.191. The number of aryl methyl sites for hydroxylation is 1. The zero-order chi connectivity index (χ0) is 16.0. The fourth-order valence-electron chi connectivity index (χ4n) is 3.71. The van der Waals surface area contributed by atoms with Crippen molar-refractivity contribution in [3.63, 3.8) is 0 Å². The van der Waals surface area contributed by atoms with Gasteiger partial charge in [0.2, 0.25) is 0 Å². The van der Waals surface area contributed by atoms with Gasteiger partial charge in [-0.15, -0.1) is 0 Å². The molecule has 1 atom stereocenters. The number of benzene rings is 2. The first-order chi connectivity index (χ1) is 11.2. The molecule has 2 heterocycles. The maximum atomic E-state index is 13.2. The molecule has 0 saturated heterocycles. The Morgan fingerprint density at radius 3 is 2.74 bits per heavy atom. The lowest BCUT2D eigenvalue weighted by Crippen LogP contribution is -2.38. The number of anilines is 1. The van der Waals surface area contributed by atoms with Crippen LogP contribution in [0, 0.1) is 6.92 Å². The molecule has 0 saturated carbocycles. The lowest BCUT2D eigenvalue weighted by molar-refractivity contribution is 0.0966.